The lowest BCUT2D eigenvalue weighted by molar-refractivity contribution is 0.0921. The van der Waals surface area contributed by atoms with Crippen LogP contribution in [0.25, 0.3) is 0 Å². The first-order chi connectivity index (χ1) is 9.60. The van der Waals surface area contributed by atoms with E-state index < -0.39 is 0 Å². The zero-order valence-electron chi connectivity index (χ0n) is 10.7. The fraction of sp³-hybridized carbons (Fsp3) is 0.133. The van der Waals surface area contributed by atoms with Crippen molar-refractivity contribution >= 4 is 44.3 Å². The summed E-state index contributed by atoms with van der Waals surface area (Å²) in [5.74, 6) is 1.30. The molecule has 2 rings (SSSR count). The number of hydrogen-bond donors (Lipinski definition) is 0. The van der Waals surface area contributed by atoms with Gasteiger partial charge in [0.05, 0.1) is 11.6 Å². The third-order valence-corrected chi connectivity index (χ3v) is 4.00. The number of ether oxygens (including phenoxy) is 2. The molecule has 0 saturated heterocycles. The van der Waals surface area contributed by atoms with Gasteiger partial charge in [-0.15, -0.1) is 0 Å². The Morgan fingerprint density at radius 2 is 1.90 bits per heavy atom. The number of hydrogen-bond acceptors (Lipinski definition) is 3. The highest BCUT2D eigenvalue weighted by atomic mass is 127. The average molecular weight is 447 g/mol. The van der Waals surface area contributed by atoms with Crippen LogP contribution in [0.1, 0.15) is 10.4 Å². The normalized spacial score (nSPS) is 10.2. The maximum atomic E-state index is 12.0. The predicted octanol–water partition coefficient (Wildman–Crippen LogP) is 4.32. The molecule has 0 amide bonds. The van der Waals surface area contributed by atoms with Gasteiger partial charge in [-0.1, -0.05) is 0 Å². The molecule has 0 saturated carbocycles. The van der Waals surface area contributed by atoms with Crippen molar-refractivity contribution in [1.82, 2.24) is 0 Å². The minimum absolute atomic E-state index is 0.0133. The first kappa shape index (κ1) is 15.3. The van der Waals surface area contributed by atoms with Crippen molar-refractivity contribution in [3.63, 3.8) is 0 Å². The van der Waals surface area contributed by atoms with Crippen LogP contribution in [-0.4, -0.2) is 19.5 Å². The van der Waals surface area contributed by atoms with E-state index in [2.05, 4.69) is 38.5 Å². The second-order valence-electron chi connectivity index (χ2n) is 4.02. The van der Waals surface area contributed by atoms with Crippen LogP contribution >= 0.6 is 38.5 Å². The van der Waals surface area contributed by atoms with Crippen LogP contribution in [-0.2, 0) is 0 Å². The Labute approximate surface area is 139 Å². The van der Waals surface area contributed by atoms with Gasteiger partial charge in [-0.05, 0) is 81.0 Å². The van der Waals surface area contributed by atoms with E-state index in [9.17, 15) is 4.79 Å². The number of carbonyl (C=O) groups excluding carboxylic acids is 1. The quantitative estimate of drug-likeness (QED) is 0.506. The van der Waals surface area contributed by atoms with E-state index in [-0.39, 0.29) is 12.4 Å². The number of rotatable bonds is 5. The van der Waals surface area contributed by atoms with E-state index in [0.717, 1.165) is 8.04 Å². The highest BCUT2D eigenvalue weighted by molar-refractivity contribution is 14.1. The molecule has 2 aromatic rings. The van der Waals surface area contributed by atoms with Gasteiger partial charge < -0.3 is 9.47 Å². The molecule has 0 spiro atoms. The maximum Gasteiger partial charge on any atom is 0.200 e. The average Bonchev–Trinajstić information content (AvgIpc) is 2.46. The standard InChI is InChI=1S/C15H12BrIO3/c1-19-15-7-2-10(8-13(15)16)14(18)9-20-12-5-3-11(17)4-6-12/h2-8H,9H2,1H3. The predicted molar refractivity (Wildman–Crippen MR) is 89.7 cm³/mol. The Bertz CT molecular complexity index is 611. The van der Waals surface area contributed by atoms with Crippen molar-refractivity contribution in [2.75, 3.05) is 13.7 Å². The molecule has 0 unspecified atom stereocenters. The first-order valence-corrected chi connectivity index (χ1v) is 7.72. The van der Waals surface area contributed by atoms with Gasteiger partial charge in [-0.2, -0.15) is 0 Å². The lowest BCUT2D eigenvalue weighted by Gasteiger charge is -2.07. The second-order valence-corrected chi connectivity index (χ2v) is 6.12. The van der Waals surface area contributed by atoms with Crippen LogP contribution < -0.4 is 9.47 Å². The van der Waals surface area contributed by atoms with Crippen molar-refractivity contribution in [3.05, 3.63) is 56.1 Å². The lowest BCUT2D eigenvalue weighted by Crippen LogP contribution is -2.11. The zero-order valence-corrected chi connectivity index (χ0v) is 14.5. The third kappa shape index (κ3) is 3.96. The Balaban J connectivity index is 2.01. The highest BCUT2D eigenvalue weighted by Gasteiger charge is 2.09. The molecule has 0 aliphatic heterocycles. The molecule has 0 atom stereocenters. The minimum atomic E-state index is -0.0769. The highest BCUT2D eigenvalue weighted by Crippen LogP contribution is 2.25. The second kappa shape index (κ2) is 7.08. The topological polar surface area (TPSA) is 35.5 Å². The fourth-order valence-electron chi connectivity index (χ4n) is 1.60. The third-order valence-electron chi connectivity index (χ3n) is 2.66. The summed E-state index contributed by atoms with van der Waals surface area (Å²) in [6, 6.07) is 12.8. The van der Waals surface area contributed by atoms with Crippen LogP contribution in [0.15, 0.2) is 46.9 Å². The molecule has 0 aromatic heterocycles. The molecule has 0 radical (unpaired) electrons. The van der Waals surface area contributed by atoms with Gasteiger partial charge in [0, 0.05) is 9.13 Å². The molecule has 0 aliphatic carbocycles. The summed E-state index contributed by atoms with van der Waals surface area (Å²) >= 11 is 5.58. The molecule has 0 N–H and O–H groups in total. The molecule has 5 heteroatoms. The molecule has 2 aromatic carbocycles. The fourth-order valence-corrected chi connectivity index (χ4v) is 2.50. The van der Waals surface area contributed by atoms with Gasteiger partial charge in [-0.25, -0.2) is 0 Å². The van der Waals surface area contributed by atoms with Gasteiger partial charge in [0.15, 0.2) is 12.4 Å². The lowest BCUT2D eigenvalue weighted by atomic mass is 10.1. The summed E-state index contributed by atoms with van der Waals surface area (Å²) in [7, 11) is 1.58. The van der Waals surface area contributed by atoms with Crippen LogP contribution in [0.5, 0.6) is 11.5 Å². The SMILES string of the molecule is COc1ccc(C(=O)COc2ccc(I)cc2)cc1Br. The molecule has 0 aliphatic rings. The van der Waals surface area contributed by atoms with E-state index in [0.29, 0.717) is 17.1 Å². The summed E-state index contributed by atoms with van der Waals surface area (Å²) < 4.78 is 12.5. The molecule has 0 bridgehead atoms. The van der Waals surface area contributed by atoms with Crippen molar-refractivity contribution in [2.24, 2.45) is 0 Å². The van der Waals surface area contributed by atoms with Gasteiger partial charge >= 0.3 is 0 Å². The van der Waals surface area contributed by atoms with Crippen molar-refractivity contribution in [1.29, 1.82) is 0 Å². The van der Waals surface area contributed by atoms with Gasteiger partial charge in [-0.3, -0.25) is 4.79 Å². The summed E-state index contributed by atoms with van der Waals surface area (Å²) in [5, 5.41) is 0. The first-order valence-electron chi connectivity index (χ1n) is 5.85. The Morgan fingerprint density at radius 3 is 2.50 bits per heavy atom. The molecule has 3 nitrogen and oxygen atoms in total. The van der Waals surface area contributed by atoms with Crippen LogP contribution in [0.2, 0.25) is 0 Å². The number of ketones is 1. The number of Topliss-reactive ketones (excluding diaryl/α,β-unsaturated/α-hetero) is 1. The monoisotopic (exact) mass is 446 g/mol. The molecular weight excluding hydrogens is 435 g/mol. The van der Waals surface area contributed by atoms with Crippen molar-refractivity contribution in [3.8, 4) is 11.5 Å². The maximum absolute atomic E-state index is 12.0. The number of benzene rings is 2. The van der Waals surface area contributed by atoms with Crippen molar-refractivity contribution < 1.29 is 14.3 Å². The number of methoxy groups -OCH3 is 1. The summed E-state index contributed by atoms with van der Waals surface area (Å²) in [6.07, 6.45) is 0. The van der Waals surface area contributed by atoms with Crippen LogP contribution in [0, 0.1) is 3.57 Å². The van der Waals surface area contributed by atoms with Crippen molar-refractivity contribution in [2.45, 2.75) is 0 Å². The van der Waals surface area contributed by atoms with E-state index in [1.165, 1.54) is 0 Å². The van der Waals surface area contributed by atoms with Gasteiger partial charge in [0.1, 0.15) is 11.5 Å². The largest absolute Gasteiger partial charge is 0.496 e. The summed E-state index contributed by atoms with van der Waals surface area (Å²) in [5.41, 5.74) is 0.586. The molecule has 0 fully saturated rings. The Morgan fingerprint density at radius 1 is 1.20 bits per heavy atom. The molecule has 20 heavy (non-hydrogen) atoms. The number of halogens is 2. The smallest absolute Gasteiger partial charge is 0.200 e. The van der Waals surface area contributed by atoms with Crippen LogP contribution in [0.4, 0.5) is 0 Å². The van der Waals surface area contributed by atoms with Gasteiger partial charge in [0.2, 0.25) is 0 Å². The molecular formula is C15H12BrIO3. The molecule has 0 heterocycles. The van der Waals surface area contributed by atoms with Crippen LogP contribution in [0.3, 0.4) is 0 Å². The summed E-state index contributed by atoms with van der Waals surface area (Å²) in [6.45, 7) is 0.0133. The molecule has 104 valence electrons. The van der Waals surface area contributed by atoms with E-state index in [4.69, 9.17) is 9.47 Å². The van der Waals surface area contributed by atoms with Gasteiger partial charge in [0.25, 0.3) is 0 Å². The zero-order chi connectivity index (χ0) is 14.5. The Hall–Kier alpha value is -1.08. The van der Waals surface area contributed by atoms with E-state index >= 15 is 0 Å². The van der Waals surface area contributed by atoms with E-state index in [1.54, 1.807) is 25.3 Å². The van der Waals surface area contributed by atoms with E-state index in [1.807, 2.05) is 24.3 Å². The number of carbonyl (C=O) groups is 1. The Kier molecular flexibility index (Phi) is 5.42. The minimum Gasteiger partial charge on any atom is -0.496 e. The summed E-state index contributed by atoms with van der Waals surface area (Å²) in [4.78, 5) is 12.0.